The van der Waals surface area contributed by atoms with E-state index in [-0.39, 0.29) is 26.1 Å². The fourth-order valence-electron chi connectivity index (χ4n) is 5.89. The molecule has 10 nitrogen and oxygen atoms in total. The number of hydrogen-bond donors (Lipinski definition) is 1. The van der Waals surface area contributed by atoms with E-state index in [1.807, 2.05) is 21.1 Å². The monoisotopic (exact) mass is 823 g/mol. The number of carbonyl (C=O) groups is 2. The van der Waals surface area contributed by atoms with Gasteiger partial charge in [0, 0.05) is 12.8 Å². The van der Waals surface area contributed by atoms with Gasteiger partial charge in [-0.15, -0.1) is 0 Å². The van der Waals surface area contributed by atoms with Crippen LogP contribution in [0.3, 0.4) is 0 Å². The third kappa shape index (κ3) is 35.3. The number of phosphoric acid groups is 1. The molecule has 0 bridgehead atoms. The number of ether oxygens (including phenoxy) is 3. The van der Waals surface area contributed by atoms with Gasteiger partial charge in [0.1, 0.15) is 19.8 Å². The second-order valence-corrected chi connectivity index (χ2v) is 17.5. The lowest BCUT2D eigenvalue weighted by Crippen LogP contribution is -2.37. The van der Waals surface area contributed by atoms with Gasteiger partial charge in [-0.1, -0.05) is 126 Å². The average molecular weight is 823 g/mol. The highest BCUT2D eigenvalue weighted by molar-refractivity contribution is 7.47. The lowest BCUT2D eigenvalue weighted by Gasteiger charge is -2.24. The number of carbonyl (C=O) groups excluding carboxylic acids is 2. The summed E-state index contributed by atoms with van der Waals surface area (Å²) >= 11 is 0. The number of esters is 2. The van der Waals surface area contributed by atoms with Crippen molar-refractivity contribution in [1.29, 1.82) is 0 Å². The fourth-order valence-corrected chi connectivity index (χ4v) is 6.63. The molecule has 1 aliphatic heterocycles. The van der Waals surface area contributed by atoms with Crippen LogP contribution in [0.2, 0.25) is 0 Å². The quantitative estimate of drug-likeness (QED) is 0.0162. The SMILES string of the molecule is CC/C=C\C/C=C\C/C=C\C/C=C\CCCCCCC(=O)O[C@H](COC(=O)CCCCCCCC1OC1C/C=C\CCCCC)COP(=O)(O)OCC[N+](C)(C)C. The largest absolute Gasteiger partial charge is 0.472 e. The molecule has 57 heavy (non-hydrogen) atoms. The van der Waals surface area contributed by atoms with E-state index in [1.165, 1.54) is 19.3 Å². The minimum atomic E-state index is -4.39. The first kappa shape index (κ1) is 52.7. The van der Waals surface area contributed by atoms with Gasteiger partial charge in [0.15, 0.2) is 6.10 Å². The molecule has 0 saturated carbocycles. The van der Waals surface area contributed by atoms with Crippen LogP contribution in [0.5, 0.6) is 0 Å². The molecule has 4 atom stereocenters. The lowest BCUT2D eigenvalue weighted by atomic mass is 10.1. The normalized spacial score (nSPS) is 17.7. The Bertz CT molecular complexity index is 1220. The molecule has 0 radical (unpaired) electrons. The molecule has 1 N–H and O–H groups in total. The summed E-state index contributed by atoms with van der Waals surface area (Å²) in [6, 6.07) is 0. The molecule has 0 spiro atoms. The van der Waals surface area contributed by atoms with Crippen LogP contribution in [-0.4, -0.2) is 87.1 Å². The van der Waals surface area contributed by atoms with Crippen LogP contribution in [0.15, 0.2) is 60.8 Å². The number of rotatable bonds is 38. The minimum Gasteiger partial charge on any atom is -0.462 e. The van der Waals surface area contributed by atoms with Gasteiger partial charge in [0.05, 0.1) is 40.0 Å². The molecule has 3 unspecified atom stereocenters. The Kier molecular flexibility index (Phi) is 31.9. The van der Waals surface area contributed by atoms with Gasteiger partial charge in [-0.3, -0.25) is 18.6 Å². The van der Waals surface area contributed by atoms with E-state index >= 15 is 0 Å². The first-order valence-corrected chi connectivity index (χ1v) is 23.6. The molecule has 1 aliphatic rings. The van der Waals surface area contributed by atoms with Gasteiger partial charge in [-0.05, 0) is 77.0 Å². The average Bonchev–Trinajstić information content (AvgIpc) is 3.92. The second kappa shape index (κ2) is 34.5. The van der Waals surface area contributed by atoms with Gasteiger partial charge >= 0.3 is 19.8 Å². The molecule has 1 heterocycles. The van der Waals surface area contributed by atoms with Crippen molar-refractivity contribution in [3.8, 4) is 0 Å². The third-order valence-corrected chi connectivity index (χ3v) is 10.4. The zero-order valence-electron chi connectivity index (χ0n) is 36.5. The predicted molar refractivity (Wildman–Crippen MR) is 233 cm³/mol. The number of unbranched alkanes of at least 4 members (excludes halogenated alkanes) is 11. The molecule has 0 amide bonds. The van der Waals surface area contributed by atoms with Gasteiger partial charge in [0.25, 0.3) is 0 Å². The van der Waals surface area contributed by atoms with Crippen molar-refractivity contribution in [2.45, 2.75) is 173 Å². The van der Waals surface area contributed by atoms with Crippen molar-refractivity contribution in [2.75, 3.05) is 47.5 Å². The Morgan fingerprint density at radius 2 is 1.23 bits per heavy atom. The van der Waals surface area contributed by atoms with Crippen molar-refractivity contribution in [3.63, 3.8) is 0 Å². The summed E-state index contributed by atoms with van der Waals surface area (Å²) in [5.74, 6) is -0.855. The second-order valence-electron chi connectivity index (χ2n) is 16.1. The summed E-state index contributed by atoms with van der Waals surface area (Å²) in [5, 5.41) is 0. The minimum absolute atomic E-state index is 0.0186. The molecule has 0 aromatic carbocycles. The van der Waals surface area contributed by atoms with Crippen LogP contribution in [0, 0.1) is 0 Å². The van der Waals surface area contributed by atoms with E-state index in [9.17, 15) is 19.0 Å². The van der Waals surface area contributed by atoms with E-state index < -0.39 is 32.5 Å². The highest BCUT2D eigenvalue weighted by Gasteiger charge is 2.36. The number of hydrogen-bond acceptors (Lipinski definition) is 8. The summed E-state index contributed by atoms with van der Waals surface area (Å²) in [7, 11) is 1.43. The molecular weight excluding hydrogens is 741 g/mol. The molecule has 1 saturated heterocycles. The zero-order valence-corrected chi connectivity index (χ0v) is 37.4. The Hall–Kier alpha value is -2.33. The highest BCUT2D eigenvalue weighted by Crippen LogP contribution is 2.43. The Labute approximate surface area is 347 Å². The van der Waals surface area contributed by atoms with Crippen molar-refractivity contribution < 1.29 is 46.8 Å². The third-order valence-electron chi connectivity index (χ3n) is 9.46. The summed E-state index contributed by atoms with van der Waals surface area (Å²) < 4.78 is 40.1. The van der Waals surface area contributed by atoms with Gasteiger partial charge in [-0.25, -0.2) is 4.57 Å². The molecule has 1 fully saturated rings. The standard InChI is InChI=1S/C46H80NO9P/c1-6-8-10-12-14-15-16-17-18-19-20-21-22-23-24-28-33-37-46(49)55-42(41-54-57(50,51)53-39-38-47(3,4)5)40-52-45(48)36-32-29-25-27-31-35-44-43(56-44)34-30-26-13-11-9-7-2/h8,10,14-15,17-18,20-21,26,30,42-44H,6-7,9,11-13,16,19,22-25,27-29,31-41H2,1-5H3/p+1/b10-8-,15-14-,18-17-,21-20-,30-26-/t42-,43?,44?/m1/s1. The van der Waals surface area contributed by atoms with Crippen molar-refractivity contribution in [2.24, 2.45) is 0 Å². The Morgan fingerprint density at radius 1 is 0.667 bits per heavy atom. The van der Waals surface area contributed by atoms with Crippen molar-refractivity contribution in [3.05, 3.63) is 60.8 Å². The number of nitrogens with zero attached hydrogens (tertiary/aromatic N) is 1. The first-order valence-electron chi connectivity index (χ1n) is 22.1. The zero-order chi connectivity index (χ0) is 41.9. The van der Waals surface area contributed by atoms with Crippen LogP contribution < -0.4 is 0 Å². The summed E-state index contributed by atoms with van der Waals surface area (Å²) in [5.41, 5.74) is 0. The molecule has 11 heteroatoms. The van der Waals surface area contributed by atoms with Crippen LogP contribution in [-0.2, 0) is 37.4 Å². The molecule has 328 valence electrons. The molecule has 1 rings (SSSR count). The van der Waals surface area contributed by atoms with Crippen LogP contribution >= 0.6 is 7.82 Å². The van der Waals surface area contributed by atoms with Gasteiger partial charge < -0.3 is 23.6 Å². The van der Waals surface area contributed by atoms with Gasteiger partial charge in [-0.2, -0.15) is 0 Å². The fraction of sp³-hybridized carbons (Fsp3) is 0.739. The number of quaternary nitrogens is 1. The number of allylic oxidation sites excluding steroid dienone is 9. The predicted octanol–water partition coefficient (Wildman–Crippen LogP) is 11.5. The maximum atomic E-state index is 12.7. The summed E-state index contributed by atoms with van der Waals surface area (Å²) in [4.78, 5) is 35.4. The number of epoxide rings is 1. The van der Waals surface area contributed by atoms with Gasteiger partial charge in [0.2, 0.25) is 0 Å². The van der Waals surface area contributed by atoms with E-state index in [1.54, 1.807) is 0 Å². The summed E-state index contributed by atoms with van der Waals surface area (Å²) in [6.45, 7) is 4.20. The van der Waals surface area contributed by atoms with E-state index in [0.29, 0.717) is 36.1 Å². The number of likely N-dealkylation sites (N-methyl/N-ethyl adjacent to an activating group) is 1. The van der Waals surface area contributed by atoms with E-state index in [4.69, 9.17) is 23.3 Å². The summed E-state index contributed by atoms with van der Waals surface area (Å²) in [6.07, 6.45) is 42.8. The maximum absolute atomic E-state index is 12.7. The Balaban J connectivity index is 2.31. The molecule has 0 aromatic rings. The smallest absolute Gasteiger partial charge is 0.462 e. The molecular formula is C46H81NO9P+. The maximum Gasteiger partial charge on any atom is 0.472 e. The highest BCUT2D eigenvalue weighted by atomic mass is 31.2. The topological polar surface area (TPSA) is 121 Å². The first-order chi connectivity index (χ1) is 27.5. The van der Waals surface area contributed by atoms with Crippen molar-refractivity contribution in [1.82, 2.24) is 0 Å². The van der Waals surface area contributed by atoms with Crippen LogP contribution in [0.1, 0.15) is 155 Å². The van der Waals surface area contributed by atoms with Crippen LogP contribution in [0.4, 0.5) is 0 Å². The number of phosphoric ester groups is 1. The van der Waals surface area contributed by atoms with E-state index in [0.717, 1.165) is 96.3 Å². The van der Waals surface area contributed by atoms with Crippen LogP contribution in [0.25, 0.3) is 0 Å². The van der Waals surface area contributed by atoms with E-state index in [2.05, 4.69) is 74.6 Å². The Morgan fingerprint density at radius 3 is 1.88 bits per heavy atom. The molecule has 0 aromatic heterocycles. The molecule has 0 aliphatic carbocycles. The lowest BCUT2D eigenvalue weighted by molar-refractivity contribution is -0.870. The van der Waals surface area contributed by atoms with Crippen molar-refractivity contribution >= 4 is 19.8 Å².